The Labute approximate surface area is 116 Å². The van der Waals surface area contributed by atoms with Crippen molar-refractivity contribution in [1.29, 1.82) is 0 Å². The van der Waals surface area contributed by atoms with E-state index in [2.05, 4.69) is 10.2 Å². The summed E-state index contributed by atoms with van der Waals surface area (Å²) in [6, 6.07) is 5.43. The second-order valence-electron chi connectivity index (χ2n) is 4.33. The van der Waals surface area contributed by atoms with E-state index in [1.165, 1.54) is 11.8 Å². The monoisotopic (exact) mass is 280 g/mol. The van der Waals surface area contributed by atoms with Gasteiger partial charge in [0.2, 0.25) is 0 Å². The zero-order valence-corrected chi connectivity index (χ0v) is 11.9. The highest BCUT2D eigenvalue weighted by Gasteiger charge is 2.10. The molecule has 2 N–H and O–H groups in total. The van der Waals surface area contributed by atoms with Crippen LogP contribution in [0.25, 0.3) is 0 Å². The lowest BCUT2D eigenvalue weighted by Crippen LogP contribution is -2.08. The molecule has 0 saturated carbocycles. The fourth-order valence-corrected chi connectivity index (χ4v) is 2.68. The highest BCUT2D eigenvalue weighted by atomic mass is 32.2. The first-order valence-corrected chi connectivity index (χ1v) is 7.07. The van der Waals surface area contributed by atoms with Gasteiger partial charge in [-0.05, 0) is 24.6 Å². The number of hydrogen-bond donors (Lipinski definition) is 1. The summed E-state index contributed by atoms with van der Waals surface area (Å²) in [5.41, 5.74) is 6.86. The molecule has 0 unspecified atom stereocenters. The third-order valence-electron chi connectivity index (χ3n) is 2.92. The Morgan fingerprint density at radius 3 is 2.89 bits per heavy atom. The van der Waals surface area contributed by atoms with Crippen molar-refractivity contribution in [2.75, 3.05) is 6.54 Å². The van der Waals surface area contributed by atoms with Crippen LogP contribution in [0.15, 0.2) is 23.4 Å². The lowest BCUT2D eigenvalue weighted by atomic mass is 10.1. The van der Waals surface area contributed by atoms with E-state index in [4.69, 9.17) is 5.73 Å². The second-order valence-corrected chi connectivity index (χ2v) is 5.28. The van der Waals surface area contributed by atoms with Crippen molar-refractivity contribution in [2.45, 2.75) is 24.3 Å². The molecule has 102 valence electrons. The molecule has 0 amide bonds. The van der Waals surface area contributed by atoms with Gasteiger partial charge in [0.25, 0.3) is 0 Å². The fourth-order valence-electron chi connectivity index (χ4n) is 1.78. The molecule has 0 aliphatic rings. The Morgan fingerprint density at radius 1 is 1.37 bits per heavy atom. The minimum absolute atomic E-state index is 0.139. The number of hydrogen-bond acceptors (Lipinski definition) is 4. The summed E-state index contributed by atoms with van der Waals surface area (Å²) >= 11 is 1.48. The molecule has 1 aromatic heterocycles. The zero-order valence-electron chi connectivity index (χ0n) is 11.1. The molecule has 0 spiro atoms. The maximum atomic E-state index is 13.9. The van der Waals surface area contributed by atoms with Crippen molar-refractivity contribution in [3.05, 3.63) is 41.0 Å². The van der Waals surface area contributed by atoms with Gasteiger partial charge >= 0.3 is 0 Å². The minimum atomic E-state index is -0.139. The molecule has 6 heteroatoms. The SMILES string of the molecule is Cc1cccc(CSc2nnc(CCN)n2C)c1F. The molecule has 2 aromatic rings. The van der Waals surface area contributed by atoms with Gasteiger partial charge in [0, 0.05) is 19.2 Å². The molecule has 1 aromatic carbocycles. The number of nitrogens with two attached hydrogens (primary N) is 1. The predicted octanol–water partition coefficient (Wildman–Crippen LogP) is 2.06. The molecule has 1 heterocycles. The predicted molar refractivity (Wildman–Crippen MR) is 74.5 cm³/mol. The Kier molecular flexibility index (Phi) is 4.55. The van der Waals surface area contributed by atoms with E-state index >= 15 is 0 Å². The van der Waals surface area contributed by atoms with Crippen LogP contribution in [-0.2, 0) is 19.2 Å². The summed E-state index contributed by atoms with van der Waals surface area (Å²) < 4.78 is 15.8. The van der Waals surface area contributed by atoms with Gasteiger partial charge < -0.3 is 10.3 Å². The quantitative estimate of drug-likeness (QED) is 0.852. The van der Waals surface area contributed by atoms with Crippen LogP contribution >= 0.6 is 11.8 Å². The van der Waals surface area contributed by atoms with E-state index in [1.807, 2.05) is 17.7 Å². The van der Waals surface area contributed by atoms with Crippen molar-refractivity contribution in [3.8, 4) is 0 Å². The molecule has 2 rings (SSSR count). The van der Waals surface area contributed by atoms with Crippen LogP contribution in [0.2, 0.25) is 0 Å². The van der Waals surface area contributed by atoms with E-state index in [-0.39, 0.29) is 5.82 Å². The fraction of sp³-hybridized carbons (Fsp3) is 0.385. The topological polar surface area (TPSA) is 56.7 Å². The van der Waals surface area contributed by atoms with Crippen LogP contribution in [0, 0.1) is 12.7 Å². The number of aryl methyl sites for hydroxylation is 1. The highest BCUT2D eigenvalue weighted by molar-refractivity contribution is 7.98. The number of benzene rings is 1. The van der Waals surface area contributed by atoms with Crippen LogP contribution in [0.5, 0.6) is 0 Å². The molecule has 0 bridgehead atoms. The van der Waals surface area contributed by atoms with Gasteiger partial charge in [0.05, 0.1) is 0 Å². The van der Waals surface area contributed by atoms with Crippen molar-refractivity contribution in [2.24, 2.45) is 12.8 Å². The number of aromatic nitrogens is 3. The maximum absolute atomic E-state index is 13.9. The summed E-state index contributed by atoms with van der Waals surface area (Å²) in [6.45, 7) is 2.31. The minimum Gasteiger partial charge on any atom is -0.330 e. The van der Waals surface area contributed by atoms with E-state index < -0.39 is 0 Å². The molecule has 0 aliphatic carbocycles. The summed E-state index contributed by atoms with van der Waals surface area (Å²) in [5.74, 6) is 1.26. The summed E-state index contributed by atoms with van der Waals surface area (Å²) in [5, 5.41) is 8.96. The first kappa shape index (κ1) is 14.0. The van der Waals surface area contributed by atoms with Gasteiger partial charge in [-0.1, -0.05) is 30.0 Å². The number of rotatable bonds is 5. The van der Waals surface area contributed by atoms with Gasteiger partial charge in [-0.3, -0.25) is 0 Å². The first-order valence-electron chi connectivity index (χ1n) is 6.08. The summed E-state index contributed by atoms with van der Waals surface area (Å²) in [7, 11) is 1.90. The van der Waals surface area contributed by atoms with Crippen molar-refractivity contribution >= 4 is 11.8 Å². The smallest absolute Gasteiger partial charge is 0.191 e. The summed E-state index contributed by atoms with van der Waals surface area (Å²) in [4.78, 5) is 0. The summed E-state index contributed by atoms with van der Waals surface area (Å²) in [6.07, 6.45) is 0.697. The Balaban J connectivity index is 2.08. The molecule has 0 radical (unpaired) electrons. The average molecular weight is 280 g/mol. The van der Waals surface area contributed by atoms with Gasteiger partial charge in [-0.25, -0.2) is 4.39 Å². The number of thioether (sulfide) groups is 1. The molecule has 19 heavy (non-hydrogen) atoms. The zero-order chi connectivity index (χ0) is 13.8. The van der Waals surface area contributed by atoms with E-state index in [1.54, 1.807) is 19.1 Å². The van der Waals surface area contributed by atoms with Crippen LogP contribution in [0.4, 0.5) is 4.39 Å². The molecular weight excluding hydrogens is 263 g/mol. The van der Waals surface area contributed by atoms with Crippen LogP contribution in [0.3, 0.4) is 0 Å². The molecular formula is C13H17FN4S. The molecule has 0 aliphatic heterocycles. The van der Waals surface area contributed by atoms with Gasteiger partial charge in [0.15, 0.2) is 5.16 Å². The lowest BCUT2D eigenvalue weighted by Gasteiger charge is -2.05. The molecule has 0 atom stereocenters. The van der Waals surface area contributed by atoms with E-state index in [0.717, 1.165) is 11.0 Å². The molecule has 0 fully saturated rings. The normalized spacial score (nSPS) is 10.9. The number of nitrogens with zero attached hydrogens (tertiary/aromatic N) is 3. The first-order chi connectivity index (χ1) is 9.13. The second kappa shape index (κ2) is 6.16. The van der Waals surface area contributed by atoms with Crippen molar-refractivity contribution in [1.82, 2.24) is 14.8 Å². The Bertz CT molecular complexity index is 568. The lowest BCUT2D eigenvalue weighted by molar-refractivity contribution is 0.608. The van der Waals surface area contributed by atoms with Crippen molar-refractivity contribution in [3.63, 3.8) is 0 Å². The standard InChI is InChI=1S/C13H17FN4S/c1-9-4-3-5-10(12(9)14)8-19-13-17-16-11(6-7-15)18(13)2/h3-5H,6-8,15H2,1-2H3. The van der Waals surface area contributed by atoms with E-state index in [0.29, 0.717) is 29.8 Å². The average Bonchev–Trinajstić information content (AvgIpc) is 2.74. The van der Waals surface area contributed by atoms with E-state index in [9.17, 15) is 4.39 Å². The van der Waals surface area contributed by atoms with Gasteiger partial charge in [0.1, 0.15) is 11.6 Å². The van der Waals surface area contributed by atoms with Crippen LogP contribution < -0.4 is 5.73 Å². The number of halogens is 1. The third kappa shape index (κ3) is 3.13. The van der Waals surface area contributed by atoms with Crippen LogP contribution in [0.1, 0.15) is 17.0 Å². The third-order valence-corrected chi connectivity index (χ3v) is 3.99. The van der Waals surface area contributed by atoms with Crippen molar-refractivity contribution < 1.29 is 4.39 Å². The largest absolute Gasteiger partial charge is 0.330 e. The van der Waals surface area contributed by atoms with Crippen LogP contribution in [-0.4, -0.2) is 21.3 Å². The van der Waals surface area contributed by atoms with Gasteiger partial charge in [-0.15, -0.1) is 10.2 Å². The Hall–Kier alpha value is -1.40. The van der Waals surface area contributed by atoms with Gasteiger partial charge in [-0.2, -0.15) is 0 Å². The maximum Gasteiger partial charge on any atom is 0.191 e. The Morgan fingerprint density at radius 2 is 2.16 bits per heavy atom. The molecule has 0 saturated heterocycles. The molecule has 4 nitrogen and oxygen atoms in total. The highest BCUT2D eigenvalue weighted by Crippen LogP contribution is 2.23.